The molecule has 0 saturated carbocycles. The standard InChI is InChI=1S/C10H18N4O/c1-3-11-7-9-12-13-10(15-9)14-6-4-5-8(14)2/h8,11H,3-7H2,1-2H3. The third-order valence-corrected chi connectivity index (χ3v) is 2.78. The number of rotatable bonds is 4. The second kappa shape index (κ2) is 4.61. The fourth-order valence-corrected chi connectivity index (χ4v) is 1.88. The van der Waals surface area contributed by atoms with Crippen LogP contribution >= 0.6 is 0 Å². The van der Waals surface area contributed by atoms with Gasteiger partial charge in [-0.1, -0.05) is 12.0 Å². The van der Waals surface area contributed by atoms with Crippen molar-refractivity contribution in [1.82, 2.24) is 15.5 Å². The fraction of sp³-hybridized carbons (Fsp3) is 0.800. The zero-order valence-corrected chi connectivity index (χ0v) is 9.36. The molecule has 1 fully saturated rings. The van der Waals surface area contributed by atoms with Gasteiger partial charge in [0.05, 0.1) is 6.54 Å². The van der Waals surface area contributed by atoms with E-state index in [0.717, 1.165) is 13.1 Å². The van der Waals surface area contributed by atoms with Crippen molar-refractivity contribution < 1.29 is 4.42 Å². The van der Waals surface area contributed by atoms with E-state index in [4.69, 9.17) is 4.42 Å². The molecule has 1 aliphatic heterocycles. The highest BCUT2D eigenvalue weighted by atomic mass is 16.4. The van der Waals surface area contributed by atoms with Crippen LogP contribution in [0.2, 0.25) is 0 Å². The molecule has 2 heterocycles. The molecule has 15 heavy (non-hydrogen) atoms. The van der Waals surface area contributed by atoms with E-state index in [1.807, 2.05) is 0 Å². The summed E-state index contributed by atoms with van der Waals surface area (Å²) >= 11 is 0. The smallest absolute Gasteiger partial charge is 0.318 e. The molecule has 0 aromatic carbocycles. The van der Waals surface area contributed by atoms with Crippen LogP contribution in [0.5, 0.6) is 0 Å². The van der Waals surface area contributed by atoms with Gasteiger partial charge in [0.2, 0.25) is 5.89 Å². The van der Waals surface area contributed by atoms with Crippen LogP contribution in [0.4, 0.5) is 6.01 Å². The van der Waals surface area contributed by atoms with Crippen LogP contribution in [0.15, 0.2) is 4.42 Å². The number of hydrogen-bond acceptors (Lipinski definition) is 5. The first kappa shape index (κ1) is 10.4. The maximum absolute atomic E-state index is 5.58. The van der Waals surface area contributed by atoms with Crippen LogP contribution < -0.4 is 10.2 Å². The van der Waals surface area contributed by atoms with Gasteiger partial charge in [0, 0.05) is 12.6 Å². The molecule has 5 nitrogen and oxygen atoms in total. The topological polar surface area (TPSA) is 54.2 Å². The van der Waals surface area contributed by atoms with Crippen molar-refractivity contribution in [2.45, 2.75) is 39.3 Å². The summed E-state index contributed by atoms with van der Waals surface area (Å²) in [5.74, 6) is 0.672. The van der Waals surface area contributed by atoms with Crippen LogP contribution in [0.1, 0.15) is 32.6 Å². The van der Waals surface area contributed by atoms with Crippen molar-refractivity contribution in [3.63, 3.8) is 0 Å². The molecule has 0 spiro atoms. The lowest BCUT2D eigenvalue weighted by atomic mass is 10.2. The minimum atomic E-state index is 0.525. The Balaban J connectivity index is 1.99. The minimum Gasteiger partial charge on any atom is -0.407 e. The summed E-state index contributed by atoms with van der Waals surface area (Å²) in [5, 5.41) is 11.2. The summed E-state index contributed by atoms with van der Waals surface area (Å²) in [6, 6.07) is 1.20. The molecule has 1 aromatic heterocycles. The van der Waals surface area contributed by atoms with Gasteiger partial charge in [-0.05, 0) is 26.3 Å². The first-order chi connectivity index (χ1) is 7.31. The third kappa shape index (κ3) is 2.28. The summed E-state index contributed by atoms with van der Waals surface area (Å²) < 4.78 is 5.58. The molecular weight excluding hydrogens is 192 g/mol. The highest BCUT2D eigenvalue weighted by Gasteiger charge is 2.24. The number of nitrogens with zero attached hydrogens (tertiary/aromatic N) is 3. The molecule has 1 unspecified atom stereocenters. The number of anilines is 1. The van der Waals surface area contributed by atoms with Crippen LogP contribution in [0.25, 0.3) is 0 Å². The molecule has 1 aromatic rings. The monoisotopic (exact) mass is 210 g/mol. The van der Waals surface area contributed by atoms with E-state index in [0.29, 0.717) is 24.5 Å². The van der Waals surface area contributed by atoms with Crippen molar-refractivity contribution in [1.29, 1.82) is 0 Å². The maximum atomic E-state index is 5.58. The largest absolute Gasteiger partial charge is 0.407 e. The zero-order valence-electron chi connectivity index (χ0n) is 9.36. The van der Waals surface area contributed by atoms with Crippen LogP contribution in [0.3, 0.4) is 0 Å². The van der Waals surface area contributed by atoms with Crippen molar-refractivity contribution in [2.75, 3.05) is 18.0 Å². The summed E-state index contributed by atoms with van der Waals surface area (Å²) in [6.07, 6.45) is 2.43. The molecule has 1 atom stereocenters. The molecule has 0 bridgehead atoms. The number of nitrogens with one attached hydrogen (secondary N) is 1. The van der Waals surface area contributed by atoms with Crippen molar-refractivity contribution in [3.8, 4) is 0 Å². The molecular formula is C10H18N4O. The van der Waals surface area contributed by atoms with E-state index in [-0.39, 0.29) is 0 Å². The Bertz CT molecular complexity index is 312. The Kier molecular flexibility index (Phi) is 3.20. The fourth-order valence-electron chi connectivity index (χ4n) is 1.88. The average Bonchev–Trinajstić information content (AvgIpc) is 2.83. The van der Waals surface area contributed by atoms with Gasteiger partial charge in [-0.3, -0.25) is 0 Å². The second-order valence-electron chi connectivity index (χ2n) is 3.94. The van der Waals surface area contributed by atoms with Gasteiger partial charge in [0.1, 0.15) is 0 Å². The summed E-state index contributed by atoms with van der Waals surface area (Å²) in [5.41, 5.74) is 0. The lowest BCUT2D eigenvalue weighted by molar-refractivity contribution is 0.462. The number of aromatic nitrogens is 2. The van der Waals surface area contributed by atoms with Gasteiger partial charge in [-0.15, -0.1) is 5.10 Å². The van der Waals surface area contributed by atoms with Crippen LogP contribution in [0, 0.1) is 0 Å². The Morgan fingerprint density at radius 3 is 3.07 bits per heavy atom. The zero-order chi connectivity index (χ0) is 10.7. The van der Waals surface area contributed by atoms with Crippen molar-refractivity contribution in [2.24, 2.45) is 0 Å². The molecule has 1 N–H and O–H groups in total. The van der Waals surface area contributed by atoms with Gasteiger partial charge in [-0.25, -0.2) is 0 Å². The first-order valence-corrected chi connectivity index (χ1v) is 5.61. The lowest BCUT2D eigenvalue weighted by Gasteiger charge is -2.17. The van der Waals surface area contributed by atoms with Crippen molar-refractivity contribution >= 4 is 6.01 Å². The van der Waals surface area contributed by atoms with Crippen LogP contribution in [-0.2, 0) is 6.54 Å². The summed E-state index contributed by atoms with van der Waals surface area (Å²) in [6.45, 7) is 6.86. The van der Waals surface area contributed by atoms with Gasteiger partial charge in [0.25, 0.3) is 0 Å². The molecule has 2 rings (SSSR count). The third-order valence-electron chi connectivity index (χ3n) is 2.78. The second-order valence-corrected chi connectivity index (χ2v) is 3.94. The molecule has 5 heteroatoms. The van der Waals surface area contributed by atoms with Gasteiger partial charge in [0.15, 0.2) is 0 Å². The van der Waals surface area contributed by atoms with E-state index in [1.165, 1.54) is 12.8 Å². The Morgan fingerprint density at radius 2 is 2.40 bits per heavy atom. The van der Waals surface area contributed by atoms with E-state index < -0.39 is 0 Å². The predicted octanol–water partition coefficient (Wildman–Crippen LogP) is 1.17. The SMILES string of the molecule is CCNCc1nnc(N2CCCC2C)o1. The Morgan fingerprint density at radius 1 is 1.53 bits per heavy atom. The van der Waals surface area contributed by atoms with E-state index in [2.05, 4.69) is 34.3 Å². The molecule has 1 aliphatic rings. The minimum absolute atomic E-state index is 0.525. The Labute approximate surface area is 89.9 Å². The normalized spacial score (nSPS) is 21.2. The van der Waals surface area contributed by atoms with Crippen molar-refractivity contribution in [3.05, 3.63) is 5.89 Å². The quantitative estimate of drug-likeness (QED) is 0.808. The molecule has 0 radical (unpaired) electrons. The summed E-state index contributed by atoms with van der Waals surface area (Å²) in [7, 11) is 0. The molecule has 84 valence electrons. The van der Waals surface area contributed by atoms with E-state index >= 15 is 0 Å². The van der Waals surface area contributed by atoms with Crippen LogP contribution in [-0.4, -0.2) is 29.3 Å². The molecule has 0 amide bonds. The molecule has 1 saturated heterocycles. The van der Waals surface area contributed by atoms with E-state index in [9.17, 15) is 0 Å². The average molecular weight is 210 g/mol. The highest BCUT2D eigenvalue weighted by Crippen LogP contribution is 2.23. The Hall–Kier alpha value is -1.10. The summed E-state index contributed by atoms with van der Waals surface area (Å²) in [4.78, 5) is 2.18. The predicted molar refractivity (Wildman–Crippen MR) is 57.7 cm³/mol. The lowest BCUT2D eigenvalue weighted by Crippen LogP contribution is -2.26. The molecule has 0 aliphatic carbocycles. The van der Waals surface area contributed by atoms with Gasteiger partial charge >= 0.3 is 6.01 Å². The maximum Gasteiger partial charge on any atom is 0.318 e. The highest BCUT2D eigenvalue weighted by molar-refractivity contribution is 5.27. The van der Waals surface area contributed by atoms with Gasteiger partial charge in [-0.2, -0.15) is 0 Å². The number of hydrogen-bond donors (Lipinski definition) is 1. The first-order valence-electron chi connectivity index (χ1n) is 5.61. The van der Waals surface area contributed by atoms with Gasteiger partial charge < -0.3 is 14.6 Å². The van der Waals surface area contributed by atoms with E-state index in [1.54, 1.807) is 0 Å².